The van der Waals surface area contributed by atoms with Gasteiger partial charge >= 0.3 is 5.69 Å². The Morgan fingerprint density at radius 2 is 2.12 bits per heavy atom. The number of hydrogen-bond donors (Lipinski definition) is 1. The maximum Gasteiger partial charge on any atom is 0.311 e. The lowest BCUT2D eigenvalue weighted by Gasteiger charge is -2.05. The third-order valence-corrected chi connectivity index (χ3v) is 3.65. The van der Waals surface area contributed by atoms with Crippen molar-refractivity contribution in [3.8, 4) is 11.8 Å². The van der Waals surface area contributed by atoms with Crippen LogP contribution in [-0.2, 0) is 4.79 Å². The van der Waals surface area contributed by atoms with E-state index in [0.717, 1.165) is 4.47 Å². The fraction of sp³-hybridized carbons (Fsp3) is 0.0588. The normalized spacial score (nSPS) is 10.7. The number of carbonyl (C=O) groups is 1. The van der Waals surface area contributed by atoms with Gasteiger partial charge in [0.2, 0.25) is 0 Å². The summed E-state index contributed by atoms with van der Waals surface area (Å²) in [6, 6.07) is 12.9. The predicted molar refractivity (Wildman–Crippen MR) is 96.0 cm³/mol. The maximum atomic E-state index is 12.2. The molecule has 1 amide bonds. The van der Waals surface area contributed by atoms with Crippen LogP contribution in [0.3, 0.4) is 0 Å². The number of rotatable bonds is 5. The molecule has 25 heavy (non-hydrogen) atoms. The van der Waals surface area contributed by atoms with E-state index in [0.29, 0.717) is 11.3 Å². The second kappa shape index (κ2) is 8.08. The molecular formula is C17H12BrN3O4. The number of nitrogens with one attached hydrogen (secondary N) is 1. The molecule has 0 aliphatic rings. The van der Waals surface area contributed by atoms with Crippen LogP contribution in [0.1, 0.15) is 5.56 Å². The average Bonchev–Trinajstić information content (AvgIpc) is 2.59. The molecule has 2 aromatic carbocycles. The van der Waals surface area contributed by atoms with Crippen LogP contribution in [0, 0.1) is 21.4 Å². The van der Waals surface area contributed by atoms with Crippen LogP contribution in [0.15, 0.2) is 52.5 Å². The molecule has 8 heteroatoms. The van der Waals surface area contributed by atoms with Gasteiger partial charge in [-0.25, -0.2) is 0 Å². The zero-order chi connectivity index (χ0) is 18.4. The van der Waals surface area contributed by atoms with Gasteiger partial charge in [-0.1, -0.05) is 28.1 Å². The summed E-state index contributed by atoms with van der Waals surface area (Å²) in [5.74, 6) is -0.515. The minimum Gasteiger partial charge on any atom is -0.490 e. The van der Waals surface area contributed by atoms with Gasteiger partial charge in [-0.05, 0) is 35.9 Å². The first-order valence-electron chi connectivity index (χ1n) is 6.95. The Balaban J connectivity index is 2.31. The largest absolute Gasteiger partial charge is 0.490 e. The Labute approximate surface area is 151 Å². The van der Waals surface area contributed by atoms with E-state index in [1.807, 2.05) is 0 Å². The van der Waals surface area contributed by atoms with Gasteiger partial charge in [-0.15, -0.1) is 0 Å². The summed E-state index contributed by atoms with van der Waals surface area (Å²) in [4.78, 5) is 22.7. The molecule has 0 spiro atoms. The second-order valence-corrected chi connectivity index (χ2v) is 5.74. The summed E-state index contributed by atoms with van der Waals surface area (Å²) in [6.45, 7) is 0. The Kier molecular flexibility index (Phi) is 5.87. The molecule has 7 nitrogen and oxygen atoms in total. The summed E-state index contributed by atoms with van der Waals surface area (Å²) in [7, 11) is 1.32. The van der Waals surface area contributed by atoms with E-state index in [4.69, 9.17) is 4.74 Å². The molecule has 0 aromatic heterocycles. The second-order valence-electron chi connectivity index (χ2n) is 4.82. The van der Waals surface area contributed by atoms with Crippen molar-refractivity contribution in [3.05, 3.63) is 68.2 Å². The van der Waals surface area contributed by atoms with E-state index in [1.165, 1.54) is 31.4 Å². The molecule has 2 aromatic rings. The molecule has 0 unspecified atom stereocenters. The quantitative estimate of drug-likeness (QED) is 0.353. The van der Waals surface area contributed by atoms with Crippen molar-refractivity contribution in [3.63, 3.8) is 0 Å². The third kappa shape index (κ3) is 4.65. The van der Waals surface area contributed by atoms with Crippen molar-refractivity contribution < 1.29 is 14.5 Å². The summed E-state index contributed by atoms with van der Waals surface area (Å²) < 4.78 is 5.70. The number of anilines is 1. The molecule has 0 aliphatic carbocycles. The van der Waals surface area contributed by atoms with E-state index < -0.39 is 10.8 Å². The molecule has 0 saturated carbocycles. The lowest BCUT2D eigenvalue weighted by molar-refractivity contribution is -0.385. The highest BCUT2D eigenvalue weighted by molar-refractivity contribution is 9.10. The van der Waals surface area contributed by atoms with Gasteiger partial charge in [-0.2, -0.15) is 5.26 Å². The lowest BCUT2D eigenvalue weighted by atomic mass is 10.1. The highest BCUT2D eigenvalue weighted by Crippen LogP contribution is 2.28. The highest BCUT2D eigenvalue weighted by atomic mass is 79.9. The number of ether oxygens (including phenoxy) is 1. The molecule has 0 bridgehead atoms. The molecule has 0 aliphatic heterocycles. The van der Waals surface area contributed by atoms with E-state index in [1.54, 1.807) is 30.3 Å². The number of methoxy groups -OCH3 is 1. The maximum absolute atomic E-state index is 12.2. The molecule has 2 rings (SSSR count). The van der Waals surface area contributed by atoms with E-state index >= 15 is 0 Å². The van der Waals surface area contributed by atoms with Gasteiger partial charge in [0.05, 0.1) is 12.0 Å². The number of amides is 1. The Bertz CT molecular complexity index is 903. The first-order valence-corrected chi connectivity index (χ1v) is 7.75. The zero-order valence-corrected chi connectivity index (χ0v) is 14.6. The predicted octanol–water partition coefficient (Wildman–Crippen LogP) is 3.91. The van der Waals surface area contributed by atoms with E-state index in [-0.39, 0.29) is 17.0 Å². The molecule has 0 saturated heterocycles. The molecule has 126 valence electrons. The minimum atomic E-state index is -0.612. The number of nitro groups is 1. The Morgan fingerprint density at radius 3 is 2.72 bits per heavy atom. The number of halogens is 1. The van der Waals surface area contributed by atoms with Gasteiger partial charge in [0, 0.05) is 16.2 Å². The van der Waals surface area contributed by atoms with E-state index in [2.05, 4.69) is 21.2 Å². The summed E-state index contributed by atoms with van der Waals surface area (Å²) in [6.07, 6.45) is 1.28. The van der Waals surface area contributed by atoms with Crippen LogP contribution in [0.4, 0.5) is 11.4 Å². The first kappa shape index (κ1) is 18.2. The van der Waals surface area contributed by atoms with Gasteiger partial charge in [0.1, 0.15) is 11.6 Å². The highest BCUT2D eigenvalue weighted by Gasteiger charge is 2.16. The van der Waals surface area contributed by atoms with Crippen LogP contribution in [0.25, 0.3) is 6.08 Å². The molecule has 0 fully saturated rings. The van der Waals surface area contributed by atoms with Gasteiger partial charge in [0.25, 0.3) is 5.91 Å². The molecular weight excluding hydrogens is 390 g/mol. The third-order valence-electron chi connectivity index (χ3n) is 3.16. The first-order chi connectivity index (χ1) is 11.9. The van der Waals surface area contributed by atoms with E-state index in [9.17, 15) is 20.2 Å². The van der Waals surface area contributed by atoms with Gasteiger partial charge in [-0.3, -0.25) is 14.9 Å². The van der Waals surface area contributed by atoms with Crippen LogP contribution < -0.4 is 10.1 Å². The Hall–Kier alpha value is -3.18. The fourth-order valence-corrected chi connectivity index (χ4v) is 2.42. The van der Waals surface area contributed by atoms with Crippen LogP contribution >= 0.6 is 15.9 Å². The Morgan fingerprint density at radius 1 is 1.36 bits per heavy atom. The molecule has 0 radical (unpaired) electrons. The molecule has 0 heterocycles. The van der Waals surface area contributed by atoms with Crippen molar-refractivity contribution in [2.75, 3.05) is 12.4 Å². The van der Waals surface area contributed by atoms with Gasteiger partial charge < -0.3 is 10.1 Å². The molecule has 0 atom stereocenters. The number of nitriles is 1. The number of nitrogens with zero attached hydrogens (tertiary/aromatic N) is 2. The SMILES string of the molecule is COc1ccc(/C=C(\C#N)C(=O)Nc2cccc(Br)c2)cc1[N+](=O)[O-]. The van der Waals surface area contributed by atoms with Crippen molar-refractivity contribution in [1.82, 2.24) is 0 Å². The number of nitro benzene ring substituents is 1. The number of benzene rings is 2. The van der Waals surface area contributed by atoms with Crippen molar-refractivity contribution in [2.24, 2.45) is 0 Å². The van der Waals surface area contributed by atoms with Gasteiger partial charge in [0.15, 0.2) is 5.75 Å². The molecule has 1 N–H and O–H groups in total. The lowest BCUT2D eigenvalue weighted by Crippen LogP contribution is -2.13. The average molecular weight is 402 g/mol. The summed E-state index contributed by atoms with van der Waals surface area (Å²) >= 11 is 3.29. The zero-order valence-electron chi connectivity index (χ0n) is 13.0. The number of carbonyl (C=O) groups excluding carboxylic acids is 1. The van der Waals surface area contributed by atoms with Crippen LogP contribution in [0.5, 0.6) is 5.75 Å². The van der Waals surface area contributed by atoms with Crippen molar-refractivity contribution in [2.45, 2.75) is 0 Å². The summed E-state index contributed by atoms with van der Waals surface area (Å²) in [5, 5.41) is 22.9. The van der Waals surface area contributed by atoms with Crippen LogP contribution in [-0.4, -0.2) is 17.9 Å². The summed E-state index contributed by atoms with van der Waals surface area (Å²) in [5.41, 5.74) is 0.426. The van der Waals surface area contributed by atoms with Crippen LogP contribution in [0.2, 0.25) is 0 Å². The monoisotopic (exact) mass is 401 g/mol. The standard InChI is InChI=1S/C17H12BrN3O4/c1-25-16-6-5-11(8-15(16)21(23)24)7-12(10-19)17(22)20-14-4-2-3-13(18)9-14/h2-9H,1H3,(H,20,22)/b12-7+. The smallest absolute Gasteiger partial charge is 0.311 e. The number of hydrogen-bond acceptors (Lipinski definition) is 5. The van der Waals surface area contributed by atoms with Crippen molar-refractivity contribution >= 4 is 39.3 Å². The fourth-order valence-electron chi connectivity index (χ4n) is 2.02. The topological polar surface area (TPSA) is 105 Å². The minimum absolute atomic E-state index is 0.0965. The van der Waals surface area contributed by atoms with Crippen molar-refractivity contribution in [1.29, 1.82) is 5.26 Å².